The highest BCUT2D eigenvalue weighted by Crippen LogP contribution is 2.20. The zero-order chi connectivity index (χ0) is 8.27. The van der Waals surface area contributed by atoms with E-state index in [-0.39, 0.29) is 5.97 Å². The molecule has 2 N–H and O–H groups in total. The number of hydrogen-bond donors (Lipinski definition) is 1. The fourth-order valence-electron chi connectivity index (χ4n) is 0.913. The van der Waals surface area contributed by atoms with E-state index in [4.69, 9.17) is 5.73 Å². The van der Waals surface area contributed by atoms with Crippen molar-refractivity contribution in [2.24, 2.45) is 5.73 Å². The molecule has 1 aliphatic heterocycles. The van der Waals surface area contributed by atoms with Crippen LogP contribution in [0.15, 0.2) is 11.3 Å². The van der Waals surface area contributed by atoms with Crippen LogP contribution in [0.4, 0.5) is 0 Å². The Bertz CT molecular complexity index is 201. The molecule has 0 saturated carbocycles. The van der Waals surface area contributed by atoms with Gasteiger partial charge in [0.2, 0.25) is 0 Å². The minimum Gasteiger partial charge on any atom is -0.466 e. The van der Waals surface area contributed by atoms with Crippen molar-refractivity contribution in [2.45, 2.75) is 6.42 Å². The normalized spacial score (nSPS) is 18.3. The second-order valence-electron chi connectivity index (χ2n) is 2.30. The minimum absolute atomic E-state index is 0.283. The molecule has 0 spiro atoms. The number of carbonyl (C=O) groups excluding carboxylic acids is 1. The Hall–Kier alpha value is -0.640. The van der Waals surface area contributed by atoms with Crippen molar-refractivity contribution in [3.05, 3.63) is 11.3 Å². The van der Waals surface area contributed by atoms with Gasteiger partial charge in [0.05, 0.1) is 12.7 Å². The number of ether oxygens (including phenoxy) is 1. The molecule has 3 nitrogen and oxygen atoms in total. The van der Waals surface area contributed by atoms with Crippen LogP contribution in [-0.2, 0) is 9.53 Å². The molecule has 0 unspecified atom stereocenters. The Balaban J connectivity index is 2.74. The lowest BCUT2D eigenvalue weighted by Crippen LogP contribution is -2.18. The highest BCUT2D eigenvalue weighted by Gasteiger charge is 2.17. The van der Waals surface area contributed by atoms with Gasteiger partial charge in [0.25, 0.3) is 0 Å². The van der Waals surface area contributed by atoms with Crippen LogP contribution in [0.2, 0.25) is 0 Å². The van der Waals surface area contributed by atoms with Gasteiger partial charge in [-0.3, -0.25) is 0 Å². The van der Waals surface area contributed by atoms with Gasteiger partial charge in [0.15, 0.2) is 0 Å². The molecule has 1 aliphatic rings. The molecule has 11 heavy (non-hydrogen) atoms. The summed E-state index contributed by atoms with van der Waals surface area (Å²) in [5, 5.41) is 0. The average Bonchev–Trinajstić information content (AvgIpc) is 2.04. The predicted octanol–water partition coefficient (Wildman–Crippen LogP) is 0.509. The number of thioether (sulfide) groups is 1. The molecular weight excluding hydrogens is 162 g/mol. The van der Waals surface area contributed by atoms with Crippen LogP contribution in [0.3, 0.4) is 0 Å². The number of rotatable bonds is 1. The summed E-state index contributed by atoms with van der Waals surface area (Å²) in [7, 11) is 1.38. The summed E-state index contributed by atoms with van der Waals surface area (Å²) in [5.74, 6) is 1.42. The van der Waals surface area contributed by atoms with Crippen LogP contribution in [-0.4, -0.2) is 24.6 Å². The first-order valence-electron chi connectivity index (χ1n) is 3.39. The summed E-state index contributed by atoms with van der Waals surface area (Å²) in [4.78, 5) is 11.0. The van der Waals surface area contributed by atoms with Gasteiger partial charge in [-0.25, -0.2) is 4.79 Å². The third kappa shape index (κ3) is 1.89. The molecule has 62 valence electrons. The number of nitrogens with two attached hydrogens (primary N) is 1. The number of allylic oxidation sites excluding steroid dienone is 1. The predicted molar refractivity (Wildman–Crippen MR) is 45.2 cm³/mol. The Morgan fingerprint density at radius 2 is 2.45 bits per heavy atom. The van der Waals surface area contributed by atoms with Gasteiger partial charge in [-0.1, -0.05) is 0 Å². The Kier molecular flexibility index (Phi) is 2.82. The summed E-state index contributed by atoms with van der Waals surface area (Å²) in [6.07, 6.45) is 0.801. The average molecular weight is 173 g/mol. The van der Waals surface area contributed by atoms with Gasteiger partial charge < -0.3 is 10.5 Å². The van der Waals surface area contributed by atoms with E-state index >= 15 is 0 Å². The van der Waals surface area contributed by atoms with E-state index in [0.29, 0.717) is 17.0 Å². The topological polar surface area (TPSA) is 52.3 Å². The van der Waals surface area contributed by atoms with Gasteiger partial charge in [-0.15, -0.1) is 0 Å². The zero-order valence-electron chi connectivity index (χ0n) is 6.42. The van der Waals surface area contributed by atoms with Crippen LogP contribution >= 0.6 is 11.8 Å². The first-order valence-corrected chi connectivity index (χ1v) is 4.54. The molecule has 1 rings (SSSR count). The fourth-order valence-corrected chi connectivity index (χ4v) is 1.93. The largest absolute Gasteiger partial charge is 0.466 e. The molecule has 0 saturated heterocycles. The maximum absolute atomic E-state index is 11.0. The van der Waals surface area contributed by atoms with Crippen LogP contribution in [0.1, 0.15) is 6.42 Å². The van der Waals surface area contributed by atoms with Crippen LogP contribution in [0.5, 0.6) is 0 Å². The van der Waals surface area contributed by atoms with E-state index in [2.05, 4.69) is 4.74 Å². The standard InChI is InChI=1S/C7H11NO2S/c1-10-7(9)5-4-11-3-2-6(5)8/h2-4,8H2,1H3. The number of methoxy groups -OCH3 is 1. The van der Waals surface area contributed by atoms with Crippen molar-refractivity contribution in [1.29, 1.82) is 0 Å². The van der Waals surface area contributed by atoms with Gasteiger partial charge in [-0.2, -0.15) is 11.8 Å². The van der Waals surface area contributed by atoms with Crippen molar-refractivity contribution in [1.82, 2.24) is 0 Å². The lowest BCUT2D eigenvalue weighted by molar-refractivity contribution is -0.136. The van der Waals surface area contributed by atoms with Crippen molar-refractivity contribution >= 4 is 17.7 Å². The molecular formula is C7H11NO2S. The molecule has 0 radical (unpaired) electrons. The highest BCUT2D eigenvalue weighted by molar-refractivity contribution is 7.99. The van der Waals surface area contributed by atoms with E-state index in [1.54, 1.807) is 11.8 Å². The Labute approximate surface area is 70.0 Å². The lowest BCUT2D eigenvalue weighted by atomic mass is 10.2. The van der Waals surface area contributed by atoms with Gasteiger partial charge >= 0.3 is 5.97 Å². The second-order valence-corrected chi connectivity index (χ2v) is 3.40. The maximum atomic E-state index is 11.0. The summed E-state index contributed by atoms with van der Waals surface area (Å²) in [6, 6.07) is 0. The number of esters is 1. The van der Waals surface area contributed by atoms with E-state index < -0.39 is 0 Å². The molecule has 0 bridgehead atoms. The summed E-state index contributed by atoms with van der Waals surface area (Å²) < 4.78 is 4.57. The Morgan fingerprint density at radius 1 is 1.73 bits per heavy atom. The first-order chi connectivity index (χ1) is 5.25. The lowest BCUT2D eigenvalue weighted by Gasteiger charge is -2.14. The molecule has 0 aliphatic carbocycles. The first kappa shape index (κ1) is 8.46. The number of carbonyl (C=O) groups is 1. The maximum Gasteiger partial charge on any atom is 0.336 e. The monoisotopic (exact) mass is 173 g/mol. The smallest absolute Gasteiger partial charge is 0.336 e. The Morgan fingerprint density at radius 3 is 3.00 bits per heavy atom. The van der Waals surface area contributed by atoms with E-state index in [1.807, 2.05) is 0 Å². The second kappa shape index (κ2) is 3.67. The van der Waals surface area contributed by atoms with Crippen molar-refractivity contribution in [3.63, 3.8) is 0 Å². The molecule has 0 atom stereocenters. The fraction of sp³-hybridized carbons (Fsp3) is 0.571. The summed E-state index contributed by atoms with van der Waals surface area (Å²) in [6.45, 7) is 0. The molecule has 4 heteroatoms. The van der Waals surface area contributed by atoms with Crippen molar-refractivity contribution < 1.29 is 9.53 Å². The van der Waals surface area contributed by atoms with Crippen molar-refractivity contribution in [3.8, 4) is 0 Å². The third-order valence-electron chi connectivity index (χ3n) is 1.58. The molecule has 0 fully saturated rings. The van der Waals surface area contributed by atoms with E-state index in [0.717, 1.165) is 12.2 Å². The van der Waals surface area contributed by atoms with Crippen LogP contribution in [0.25, 0.3) is 0 Å². The third-order valence-corrected chi connectivity index (χ3v) is 2.57. The molecule has 0 amide bonds. The van der Waals surface area contributed by atoms with Gasteiger partial charge in [-0.05, 0) is 12.2 Å². The molecule has 0 aromatic rings. The molecule has 0 aromatic heterocycles. The van der Waals surface area contributed by atoms with Gasteiger partial charge in [0.1, 0.15) is 0 Å². The molecule has 0 aromatic carbocycles. The van der Waals surface area contributed by atoms with Gasteiger partial charge in [0, 0.05) is 11.4 Å². The summed E-state index contributed by atoms with van der Waals surface area (Å²) >= 11 is 1.71. The minimum atomic E-state index is -0.283. The highest BCUT2D eigenvalue weighted by atomic mass is 32.2. The molecule has 1 heterocycles. The van der Waals surface area contributed by atoms with E-state index in [1.165, 1.54) is 7.11 Å². The summed E-state index contributed by atoms with van der Waals surface area (Å²) in [5.41, 5.74) is 6.95. The SMILES string of the molecule is COC(=O)C1=C(N)CCSC1. The van der Waals surface area contributed by atoms with E-state index in [9.17, 15) is 4.79 Å². The zero-order valence-corrected chi connectivity index (χ0v) is 7.24. The van der Waals surface area contributed by atoms with Crippen molar-refractivity contribution in [2.75, 3.05) is 18.6 Å². The quantitative estimate of drug-likeness (QED) is 0.587. The number of hydrogen-bond acceptors (Lipinski definition) is 4. The van der Waals surface area contributed by atoms with Crippen LogP contribution in [0, 0.1) is 0 Å². The van der Waals surface area contributed by atoms with Crippen LogP contribution < -0.4 is 5.73 Å².